The van der Waals surface area contributed by atoms with E-state index in [1.54, 1.807) is 36.4 Å². The molecule has 0 fully saturated rings. The molecule has 120 valence electrons. The molecule has 0 aliphatic rings. The molecular formula is C17H12ClFN4O. The van der Waals surface area contributed by atoms with Crippen LogP contribution in [0.4, 0.5) is 4.39 Å². The molecule has 0 saturated carbocycles. The molecule has 1 amide bonds. The quantitative estimate of drug-likeness (QED) is 0.552. The van der Waals surface area contributed by atoms with Crippen molar-refractivity contribution in [1.29, 1.82) is 0 Å². The number of hydrogen-bond donors (Lipinski definition) is 2. The number of hydrogen-bond acceptors (Lipinski definition) is 2. The number of carbonyl (C=O) groups is 1. The maximum atomic E-state index is 14.1. The topological polar surface area (TPSA) is 94.4 Å². The van der Waals surface area contributed by atoms with Gasteiger partial charge in [0.05, 0.1) is 10.7 Å². The van der Waals surface area contributed by atoms with E-state index in [0.29, 0.717) is 27.1 Å². The van der Waals surface area contributed by atoms with Crippen molar-refractivity contribution in [2.75, 3.05) is 0 Å². The molecule has 0 aliphatic carbocycles. The van der Waals surface area contributed by atoms with Crippen molar-refractivity contribution in [3.05, 3.63) is 65.1 Å². The lowest BCUT2D eigenvalue weighted by atomic mass is 10.0. The number of nitrogens with two attached hydrogens (primary N) is 2. The van der Waals surface area contributed by atoms with E-state index in [4.69, 9.17) is 23.1 Å². The average molecular weight is 343 g/mol. The number of nitrogens with zero attached hydrogens (tertiary/aromatic N) is 2. The van der Waals surface area contributed by atoms with E-state index in [0.717, 1.165) is 0 Å². The fraction of sp³-hybridized carbons (Fsp3) is 0. The zero-order valence-electron chi connectivity index (χ0n) is 12.3. The minimum atomic E-state index is -0.601. The summed E-state index contributed by atoms with van der Waals surface area (Å²) in [7, 11) is 0. The van der Waals surface area contributed by atoms with E-state index in [-0.39, 0.29) is 11.5 Å². The smallest absolute Gasteiger partial charge is 0.280 e. The molecule has 3 rings (SSSR count). The van der Waals surface area contributed by atoms with E-state index in [2.05, 4.69) is 9.98 Å². The molecule has 5 nitrogen and oxygen atoms in total. The first kappa shape index (κ1) is 15.9. The highest BCUT2D eigenvalue weighted by molar-refractivity contribution is 6.35. The summed E-state index contributed by atoms with van der Waals surface area (Å²) in [6.07, 6.45) is 1.45. The van der Waals surface area contributed by atoms with Crippen LogP contribution in [0.1, 0.15) is 10.4 Å². The van der Waals surface area contributed by atoms with Gasteiger partial charge >= 0.3 is 0 Å². The molecule has 2 aromatic carbocycles. The van der Waals surface area contributed by atoms with Gasteiger partial charge in [-0.05, 0) is 24.3 Å². The first-order valence-corrected chi connectivity index (χ1v) is 7.32. The molecule has 1 aromatic heterocycles. The number of aliphatic imine (C=N–C) groups is 1. The number of amides is 1. The Bertz CT molecular complexity index is 983. The number of carbonyl (C=O) groups excluding carboxylic acids is 1. The summed E-state index contributed by atoms with van der Waals surface area (Å²) in [5.41, 5.74) is 11.4. The number of pyridine rings is 1. The van der Waals surface area contributed by atoms with Gasteiger partial charge in [-0.1, -0.05) is 29.8 Å². The molecule has 0 atom stereocenters. The summed E-state index contributed by atoms with van der Waals surface area (Å²) in [5, 5.41) is 1.57. The Morgan fingerprint density at radius 3 is 2.58 bits per heavy atom. The van der Waals surface area contributed by atoms with Crippen LogP contribution >= 0.6 is 11.6 Å². The van der Waals surface area contributed by atoms with Crippen molar-refractivity contribution in [2.45, 2.75) is 0 Å². The van der Waals surface area contributed by atoms with Gasteiger partial charge in [0.2, 0.25) is 0 Å². The van der Waals surface area contributed by atoms with Crippen LogP contribution in [-0.4, -0.2) is 16.9 Å². The van der Waals surface area contributed by atoms with Gasteiger partial charge in [0.25, 0.3) is 5.91 Å². The Morgan fingerprint density at radius 2 is 1.88 bits per heavy atom. The van der Waals surface area contributed by atoms with Crippen LogP contribution in [0.3, 0.4) is 0 Å². The highest BCUT2D eigenvalue weighted by atomic mass is 35.5. The van der Waals surface area contributed by atoms with E-state index in [1.807, 2.05) is 0 Å². The second-order valence-electron chi connectivity index (χ2n) is 5.04. The third kappa shape index (κ3) is 2.91. The molecule has 0 spiro atoms. The fourth-order valence-corrected chi connectivity index (χ4v) is 2.61. The molecule has 0 bridgehead atoms. The van der Waals surface area contributed by atoms with Gasteiger partial charge in [0.15, 0.2) is 5.96 Å². The Kier molecular flexibility index (Phi) is 4.14. The third-order valence-electron chi connectivity index (χ3n) is 3.45. The minimum Gasteiger partial charge on any atom is -0.370 e. The normalized spacial score (nSPS) is 10.6. The maximum Gasteiger partial charge on any atom is 0.280 e. The predicted octanol–water partition coefficient (Wildman–Crippen LogP) is 3.11. The number of guanidine groups is 1. The molecular weight excluding hydrogens is 331 g/mol. The Hall–Kier alpha value is -2.99. The van der Waals surface area contributed by atoms with Gasteiger partial charge < -0.3 is 11.5 Å². The Labute approximate surface area is 141 Å². The van der Waals surface area contributed by atoms with Crippen molar-refractivity contribution in [1.82, 2.24) is 4.98 Å². The number of benzene rings is 2. The largest absolute Gasteiger partial charge is 0.370 e. The van der Waals surface area contributed by atoms with E-state index < -0.39 is 11.7 Å². The summed E-state index contributed by atoms with van der Waals surface area (Å²) in [6.45, 7) is 0. The van der Waals surface area contributed by atoms with Crippen LogP contribution in [0.25, 0.3) is 22.0 Å². The standard InChI is InChI=1S/C17H12ClFN4O/c18-13-8-22-15(11-3-1-2-4-14(11)19)12-7-9(5-6-10(12)13)16(24)23-17(20)21/h1-8H,(H4,20,21,23,24). The monoisotopic (exact) mass is 342 g/mol. The summed E-state index contributed by atoms with van der Waals surface area (Å²) < 4.78 is 14.1. The van der Waals surface area contributed by atoms with Crippen molar-refractivity contribution in [2.24, 2.45) is 16.5 Å². The van der Waals surface area contributed by atoms with Crippen LogP contribution < -0.4 is 11.5 Å². The molecule has 0 aliphatic heterocycles. The van der Waals surface area contributed by atoms with Gasteiger partial charge in [-0.3, -0.25) is 9.78 Å². The third-order valence-corrected chi connectivity index (χ3v) is 3.75. The lowest BCUT2D eigenvalue weighted by Gasteiger charge is -2.09. The second-order valence-corrected chi connectivity index (χ2v) is 5.44. The first-order valence-electron chi connectivity index (χ1n) is 6.94. The van der Waals surface area contributed by atoms with Crippen molar-refractivity contribution in [3.63, 3.8) is 0 Å². The zero-order chi connectivity index (χ0) is 17.3. The molecule has 0 saturated heterocycles. The highest BCUT2D eigenvalue weighted by Crippen LogP contribution is 2.33. The van der Waals surface area contributed by atoms with E-state index in [9.17, 15) is 9.18 Å². The lowest BCUT2D eigenvalue weighted by molar-refractivity contribution is 0.100. The van der Waals surface area contributed by atoms with Gasteiger partial charge in [-0.2, -0.15) is 4.99 Å². The SMILES string of the molecule is NC(N)=NC(=O)c1ccc2c(Cl)cnc(-c3ccccc3F)c2c1. The number of aromatic nitrogens is 1. The predicted molar refractivity (Wildman–Crippen MR) is 92.3 cm³/mol. The average Bonchev–Trinajstić information content (AvgIpc) is 2.55. The summed E-state index contributed by atoms with van der Waals surface area (Å²) >= 11 is 6.16. The van der Waals surface area contributed by atoms with Gasteiger partial charge in [-0.25, -0.2) is 4.39 Å². The van der Waals surface area contributed by atoms with E-state index >= 15 is 0 Å². The van der Waals surface area contributed by atoms with Crippen LogP contribution in [-0.2, 0) is 0 Å². The number of halogens is 2. The van der Waals surface area contributed by atoms with Crippen LogP contribution in [0.5, 0.6) is 0 Å². The van der Waals surface area contributed by atoms with Crippen molar-refractivity contribution in [3.8, 4) is 11.3 Å². The van der Waals surface area contributed by atoms with Gasteiger partial charge in [0, 0.05) is 28.1 Å². The lowest BCUT2D eigenvalue weighted by Crippen LogP contribution is -2.24. The molecule has 7 heteroatoms. The van der Waals surface area contributed by atoms with Crippen LogP contribution in [0, 0.1) is 5.82 Å². The minimum absolute atomic E-state index is 0.248. The van der Waals surface area contributed by atoms with Crippen molar-refractivity contribution >= 4 is 34.2 Å². The van der Waals surface area contributed by atoms with Crippen LogP contribution in [0.2, 0.25) is 5.02 Å². The summed E-state index contributed by atoms with van der Waals surface area (Å²) in [5.74, 6) is -1.36. The zero-order valence-corrected chi connectivity index (χ0v) is 13.1. The molecule has 0 radical (unpaired) electrons. The first-order chi connectivity index (χ1) is 11.5. The fourth-order valence-electron chi connectivity index (χ4n) is 2.39. The Balaban J connectivity index is 2.27. The number of fused-ring (bicyclic) bond motifs is 1. The van der Waals surface area contributed by atoms with E-state index in [1.165, 1.54) is 12.3 Å². The van der Waals surface area contributed by atoms with Crippen LogP contribution in [0.15, 0.2) is 53.7 Å². The molecule has 24 heavy (non-hydrogen) atoms. The molecule has 0 unspecified atom stereocenters. The van der Waals surface area contributed by atoms with Crippen molar-refractivity contribution < 1.29 is 9.18 Å². The molecule has 3 aromatic rings. The molecule has 1 heterocycles. The van der Waals surface area contributed by atoms with Gasteiger partial charge in [-0.15, -0.1) is 0 Å². The highest BCUT2D eigenvalue weighted by Gasteiger charge is 2.14. The van der Waals surface area contributed by atoms with Gasteiger partial charge in [0.1, 0.15) is 5.82 Å². The maximum absolute atomic E-state index is 14.1. The second kappa shape index (κ2) is 6.25. The number of rotatable bonds is 2. The summed E-state index contributed by atoms with van der Waals surface area (Å²) in [6, 6.07) is 11.0. The molecule has 4 N–H and O–H groups in total. The Morgan fingerprint density at radius 1 is 1.12 bits per heavy atom. The summed E-state index contributed by atoms with van der Waals surface area (Å²) in [4.78, 5) is 19.8.